The minimum absolute atomic E-state index is 0.0935. The van der Waals surface area contributed by atoms with Crippen molar-refractivity contribution in [2.75, 3.05) is 13.1 Å². The molecule has 5 nitrogen and oxygen atoms in total. The maximum absolute atomic E-state index is 11.3. The molecule has 4 rings (SSSR count). The van der Waals surface area contributed by atoms with Gasteiger partial charge < -0.3 is 15.1 Å². The van der Waals surface area contributed by atoms with Crippen LogP contribution in [0.3, 0.4) is 0 Å². The lowest BCUT2D eigenvalue weighted by Gasteiger charge is -2.33. The first kappa shape index (κ1) is 16.5. The van der Waals surface area contributed by atoms with Gasteiger partial charge in [0.05, 0.1) is 17.1 Å². The van der Waals surface area contributed by atoms with E-state index in [9.17, 15) is 4.79 Å². The number of hydrogen-bond donors (Lipinski definition) is 2. The normalized spacial score (nSPS) is 17.3. The maximum atomic E-state index is 11.3. The molecule has 0 saturated carbocycles. The van der Waals surface area contributed by atoms with Gasteiger partial charge in [0.2, 0.25) is 5.91 Å². The molecule has 132 valence electrons. The quantitative estimate of drug-likeness (QED) is 0.710. The van der Waals surface area contributed by atoms with Crippen molar-refractivity contribution in [2.24, 2.45) is 5.73 Å². The molecule has 25 heavy (non-hydrogen) atoms. The Morgan fingerprint density at radius 3 is 2.80 bits per heavy atom. The number of aromatic nitrogens is 1. The molecule has 3 heterocycles. The predicted octanol–water partition coefficient (Wildman–Crippen LogP) is 4.36. The van der Waals surface area contributed by atoms with Crippen LogP contribution in [0.5, 0.6) is 0 Å². The molecule has 6 heteroatoms. The number of furan rings is 1. The van der Waals surface area contributed by atoms with Crippen LogP contribution in [0.4, 0.5) is 0 Å². The van der Waals surface area contributed by atoms with Crippen LogP contribution in [0.25, 0.3) is 22.0 Å². The minimum atomic E-state index is -0.265. The number of nitrogens with two attached hydrogens (primary N) is 1. The lowest BCUT2D eigenvalue weighted by Crippen LogP contribution is -2.34. The molecular formula is C19H22ClN3O2. The molecule has 3 N–H and O–H groups in total. The number of rotatable bonds is 5. The molecular weight excluding hydrogens is 338 g/mol. The van der Waals surface area contributed by atoms with E-state index < -0.39 is 0 Å². The second kappa shape index (κ2) is 6.73. The summed E-state index contributed by atoms with van der Waals surface area (Å²) in [5, 5.41) is 1.72. The topological polar surface area (TPSA) is 75.3 Å². The SMILES string of the molecule is NC(=O)CCC(c1cc2[nH]c3cc(Cl)ccc3c2o1)N1CCCCC1. The van der Waals surface area contributed by atoms with Crippen molar-refractivity contribution in [2.45, 2.75) is 38.1 Å². The van der Waals surface area contributed by atoms with Crippen molar-refractivity contribution in [3.63, 3.8) is 0 Å². The zero-order valence-corrected chi connectivity index (χ0v) is 14.8. The fourth-order valence-corrected chi connectivity index (χ4v) is 4.02. The van der Waals surface area contributed by atoms with Crippen LogP contribution in [0.2, 0.25) is 5.02 Å². The molecule has 1 amide bonds. The summed E-state index contributed by atoms with van der Waals surface area (Å²) in [6, 6.07) is 7.90. The van der Waals surface area contributed by atoms with Crippen molar-refractivity contribution < 1.29 is 9.21 Å². The van der Waals surface area contributed by atoms with Gasteiger partial charge in [-0.3, -0.25) is 9.69 Å². The van der Waals surface area contributed by atoms with E-state index in [1.165, 1.54) is 19.3 Å². The molecule has 1 saturated heterocycles. The van der Waals surface area contributed by atoms with Gasteiger partial charge in [0.1, 0.15) is 5.76 Å². The third-order valence-electron chi connectivity index (χ3n) is 5.07. The summed E-state index contributed by atoms with van der Waals surface area (Å²) in [5.41, 5.74) is 8.17. The lowest BCUT2D eigenvalue weighted by molar-refractivity contribution is -0.118. The number of amides is 1. The standard InChI is InChI=1S/C19H22ClN3O2/c20-12-4-5-13-14(10-12)22-15-11-17(25-19(13)15)16(6-7-18(21)24)23-8-2-1-3-9-23/h4-5,10-11,16,22H,1-3,6-9H2,(H2,21,24). The Bertz CT molecular complexity index is 908. The van der Waals surface area contributed by atoms with E-state index in [0.717, 1.165) is 40.9 Å². The molecule has 0 spiro atoms. The first-order valence-corrected chi connectivity index (χ1v) is 9.22. The molecule has 1 aromatic carbocycles. The molecule has 1 aliphatic rings. The molecule has 1 fully saturated rings. The highest BCUT2D eigenvalue weighted by Crippen LogP contribution is 2.36. The Kier molecular flexibility index (Phi) is 4.44. The number of fused-ring (bicyclic) bond motifs is 3. The molecule has 1 unspecified atom stereocenters. The van der Waals surface area contributed by atoms with Crippen LogP contribution in [0.1, 0.15) is 43.9 Å². The van der Waals surface area contributed by atoms with Gasteiger partial charge in [-0.15, -0.1) is 0 Å². The number of carbonyl (C=O) groups is 1. The Balaban J connectivity index is 1.70. The van der Waals surface area contributed by atoms with Crippen LogP contribution in [-0.2, 0) is 4.79 Å². The Morgan fingerprint density at radius 1 is 1.24 bits per heavy atom. The van der Waals surface area contributed by atoms with Crippen molar-refractivity contribution in [1.82, 2.24) is 9.88 Å². The number of aromatic amines is 1. The van der Waals surface area contributed by atoms with Crippen LogP contribution in [0.15, 0.2) is 28.7 Å². The molecule has 1 atom stereocenters. The number of H-pyrrole nitrogens is 1. The number of likely N-dealkylation sites (tertiary alicyclic amines) is 1. The summed E-state index contributed by atoms with van der Waals surface area (Å²) in [6.45, 7) is 2.07. The summed E-state index contributed by atoms with van der Waals surface area (Å²) in [4.78, 5) is 17.1. The third-order valence-corrected chi connectivity index (χ3v) is 5.31. The van der Waals surface area contributed by atoms with Gasteiger partial charge in [0.25, 0.3) is 0 Å². The molecule has 1 aliphatic heterocycles. The van der Waals surface area contributed by atoms with Gasteiger partial charge >= 0.3 is 0 Å². The van der Waals surface area contributed by atoms with Crippen LogP contribution >= 0.6 is 11.6 Å². The van der Waals surface area contributed by atoms with E-state index in [1.807, 2.05) is 18.2 Å². The number of benzene rings is 1. The van der Waals surface area contributed by atoms with Crippen LogP contribution in [-0.4, -0.2) is 28.9 Å². The molecule has 0 bridgehead atoms. The fourth-order valence-electron chi connectivity index (χ4n) is 3.84. The monoisotopic (exact) mass is 359 g/mol. The second-order valence-electron chi connectivity index (χ2n) is 6.82. The maximum Gasteiger partial charge on any atom is 0.217 e. The summed E-state index contributed by atoms with van der Waals surface area (Å²) < 4.78 is 6.24. The van der Waals surface area contributed by atoms with E-state index in [1.54, 1.807) is 0 Å². The van der Waals surface area contributed by atoms with Crippen LogP contribution in [0, 0.1) is 0 Å². The highest BCUT2D eigenvalue weighted by Gasteiger charge is 2.26. The number of primary amides is 1. The Hall–Kier alpha value is -1.98. The number of nitrogens with zero attached hydrogens (tertiary/aromatic N) is 1. The minimum Gasteiger partial charge on any atom is -0.457 e. The highest BCUT2D eigenvalue weighted by atomic mass is 35.5. The van der Waals surface area contributed by atoms with Gasteiger partial charge in [-0.2, -0.15) is 0 Å². The number of piperidine rings is 1. The number of halogens is 1. The third kappa shape index (κ3) is 3.26. The van der Waals surface area contributed by atoms with E-state index in [4.69, 9.17) is 21.8 Å². The van der Waals surface area contributed by atoms with Crippen molar-refractivity contribution in [3.8, 4) is 0 Å². The van der Waals surface area contributed by atoms with E-state index in [-0.39, 0.29) is 11.9 Å². The first-order valence-electron chi connectivity index (χ1n) is 8.85. The number of carbonyl (C=O) groups excluding carboxylic acids is 1. The van der Waals surface area contributed by atoms with Crippen molar-refractivity contribution in [1.29, 1.82) is 0 Å². The molecule has 2 aromatic heterocycles. The average molecular weight is 360 g/mol. The predicted molar refractivity (Wildman–Crippen MR) is 99.7 cm³/mol. The van der Waals surface area contributed by atoms with Crippen molar-refractivity contribution >= 4 is 39.5 Å². The molecule has 0 aliphatic carbocycles. The van der Waals surface area contributed by atoms with Crippen LogP contribution < -0.4 is 5.73 Å². The van der Waals surface area contributed by atoms with E-state index in [2.05, 4.69) is 16.0 Å². The summed E-state index contributed by atoms with van der Waals surface area (Å²) in [5.74, 6) is 0.639. The smallest absolute Gasteiger partial charge is 0.217 e. The number of hydrogen-bond acceptors (Lipinski definition) is 3. The Morgan fingerprint density at radius 2 is 2.04 bits per heavy atom. The van der Waals surface area contributed by atoms with Gasteiger partial charge in [0, 0.05) is 22.9 Å². The van der Waals surface area contributed by atoms with Crippen molar-refractivity contribution in [3.05, 3.63) is 35.0 Å². The zero-order valence-electron chi connectivity index (χ0n) is 14.1. The average Bonchev–Trinajstić information content (AvgIpc) is 3.13. The summed E-state index contributed by atoms with van der Waals surface area (Å²) in [6.07, 6.45) is 4.70. The highest BCUT2D eigenvalue weighted by molar-refractivity contribution is 6.31. The Labute approximate surface area is 151 Å². The fraction of sp³-hybridized carbons (Fsp3) is 0.421. The summed E-state index contributed by atoms with van der Waals surface area (Å²) >= 11 is 6.07. The van der Waals surface area contributed by atoms with Gasteiger partial charge in [0.15, 0.2) is 5.58 Å². The zero-order chi connectivity index (χ0) is 17.4. The van der Waals surface area contributed by atoms with Gasteiger partial charge in [-0.05, 0) is 50.6 Å². The molecule has 3 aromatic rings. The van der Waals surface area contributed by atoms with Gasteiger partial charge in [-0.1, -0.05) is 18.0 Å². The summed E-state index contributed by atoms with van der Waals surface area (Å²) in [7, 11) is 0. The van der Waals surface area contributed by atoms with E-state index in [0.29, 0.717) is 17.9 Å². The lowest BCUT2D eigenvalue weighted by atomic mass is 10.0. The van der Waals surface area contributed by atoms with E-state index >= 15 is 0 Å². The van der Waals surface area contributed by atoms with Gasteiger partial charge in [-0.25, -0.2) is 0 Å². The first-order chi connectivity index (χ1) is 12.1. The molecule has 0 radical (unpaired) electrons. The number of nitrogens with one attached hydrogen (secondary N) is 1. The second-order valence-corrected chi connectivity index (χ2v) is 7.26. The largest absolute Gasteiger partial charge is 0.457 e.